The number of fused-ring (bicyclic) bond motifs is 1. The second-order valence-corrected chi connectivity index (χ2v) is 5.63. The number of benzene rings is 2. The molecule has 1 aliphatic heterocycles. The maximum absolute atomic E-state index is 12.6. The number of rotatable bonds is 4. The van der Waals surface area contributed by atoms with Gasteiger partial charge in [-0.25, -0.2) is 4.79 Å². The minimum absolute atomic E-state index is 0.134. The first-order valence-corrected chi connectivity index (χ1v) is 7.81. The van der Waals surface area contributed by atoms with Gasteiger partial charge in [-0.2, -0.15) is 0 Å². The molecule has 118 valence electrons. The highest BCUT2D eigenvalue weighted by Gasteiger charge is 2.31. The van der Waals surface area contributed by atoms with Gasteiger partial charge in [-0.05, 0) is 30.0 Å². The Balaban J connectivity index is 1.79. The van der Waals surface area contributed by atoms with Crippen LogP contribution >= 0.6 is 0 Å². The van der Waals surface area contributed by atoms with Crippen molar-refractivity contribution in [2.45, 2.75) is 31.9 Å². The molecule has 1 aliphatic rings. The molecular formula is C19H19NO3. The lowest BCUT2D eigenvalue weighted by molar-refractivity contribution is -0.108. The van der Waals surface area contributed by atoms with E-state index in [2.05, 4.69) is 0 Å². The first kappa shape index (κ1) is 15.3. The fraction of sp³-hybridized carbons (Fsp3) is 0.263. The van der Waals surface area contributed by atoms with Crippen molar-refractivity contribution in [3.05, 3.63) is 65.7 Å². The molecule has 0 N–H and O–H groups in total. The van der Waals surface area contributed by atoms with Crippen LogP contribution in [0, 0.1) is 0 Å². The summed E-state index contributed by atoms with van der Waals surface area (Å²) in [7, 11) is 0. The van der Waals surface area contributed by atoms with Crippen LogP contribution in [0.25, 0.3) is 0 Å². The Morgan fingerprint density at radius 1 is 1.13 bits per heavy atom. The number of carbonyl (C=O) groups is 2. The van der Waals surface area contributed by atoms with Crippen molar-refractivity contribution >= 4 is 18.1 Å². The molecule has 0 fully saturated rings. The molecule has 2 aromatic rings. The van der Waals surface area contributed by atoms with E-state index in [1.54, 1.807) is 4.90 Å². The molecule has 3 rings (SSSR count). The molecule has 1 heterocycles. The molecule has 0 radical (unpaired) electrons. The summed E-state index contributed by atoms with van der Waals surface area (Å²) in [5.74, 6) is 0. The Morgan fingerprint density at radius 2 is 1.87 bits per heavy atom. The van der Waals surface area contributed by atoms with Crippen molar-refractivity contribution in [3.8, 4) is 0 Å². The van der Waals surface area contributed by atoms with Gasteiger partial charge in [0, 0.05) is 12.5 Å². The van der Waals surface area contributed by atoms with Gasteiger partial charge in [0.05, 0.1) is 5.69 Å². The zero-order chi connectivity index (χ0) is 16.1. The van der Waals surface area contributed by atoms with Gasteiger partial charge < -0.3 is 9.53 Å². The van der Waals surface area contributed by atoms with E-state index in [0.717, 1.165) is 35.9 Å². The Bertz CT molecular complexity index is 684. The second kappa shape index (κ2) is 7.09. The Kier molecular flexibility index (Phi) is 4.71. The third-order valence-electron chi connectivity index (χ3n) is 4.13. The Morgan fingerprint density at radius 3 is 2.65 bits per heavy atom. The molecule has 0 unspecified atom stereocenters. The summed E-state index contributed by atoms with van der Waals surface area (Å²) in [5.41, 5.74) is 2.91. The predicted octanol–water partition coefficient (Wildman–Crippen LogP) is 3.73. The zero-order valence-electron chi connectivity index (χ0n) is 12.9. The van der Waals surface area contributed by atoms with Gasteiger partial charge in [0.2, 0.25) is 0 Å². The van der Waals surface area contributed by atoms with Gasteiger partial charge in [-0.15, -0.1) is 0 Å². The van der Waals surface area contributed by atoms with Crippen molar-refractivity contribution in [2.24, 2.45) is 0 Å². The molecule has 0 bridgehead atoms. The van der Waals surface area contributed by atoms with E-state index in [1.165, 1.54) is 0 Å². The van der Waals surface area contributed by atoms with Crippen LogP contribution in [-0.4, -0.2) is 18.4 Å². The lowest BCUT2D eigenvalue weighted by Gasteiger charge is -2.35. The third kappa shape index (κ3) is 3.42. The predicted molar refractivity (Wildman–Crippen MR) is 88.3 cm³/mol. The first-order valence-electron chi connectivity index (χ1n) is 7.81. The molecule has 2 aromatic carbocycles. The molecule has 23 heavy (non-hydrogen) atoms. The van der Waals surface area contributed by atoms with Crippen molar-refractivity contribution in [1.29, 1.82) is 0 Å². The lowest BCUT2D eigenvalue weighted by Crippen LogP contribution is -2.44. The monoisotopic (exact) mass is 309 g/mol. The van der Waals surface area contributed by atoms with E-state index in [-0.39, 0.29) is 12.6 Å². The van der Waals surface area contributed by atoms with Crippen molar-refractivity contribution < 1.29 is 14.3 Å². The van der Waals surface area contributed by atoms with Gasteiger partial charge >= 0.3 is 6.09 Å². The van der Waals surface area contributed by atoms with Crippen LogP contribution in [0.3, 0.4) is 0 Å². The number of aryl methyl sites for hydroxylation is 1. The van der Waals surface area contributed by atoms with Crippen LogP contribution < -0.4 is 4.90 Å². The summed E-state index contributed by atoms with van der Waals surface area (Å²) in [6.07, 6.45) is 2.45. The lowest BCUT2D eigenvalue weighted by atomic mass is 9.94. The standard InChI is InChI=1S/C19H19NO3/c21-13-12-17-11-10-16-8-4-5-9-18(16)20(17)19(22)23-14-15-6-2-1-3-7-15/h1-9,13,17H,10-12,14H2/t17-/m1/s1. The van der Waals surface area contributed by atoms with Crippen LogP contribution in [0.2, 0.25) is 0 Å². The van der Waals surface area contributed by atoms with Gasteiger partial charge in [0.15, 0.2) is 0 Å². The first-order chi connectivity index (χ1) is 11.3. The van der Waals surface area contributed by atoms with E-state index in [0.29, 0.717) is 6.42 Å². The number of hydrogen-bond donors (Lipinski definition) is 0. The fourth-order valence-corrected chi connectivity index (χ4v) is 2.98. The quantitative estimate of drug-likeness (QED) is 0.808. The maximum Gasteiger partial charge on any atom is 0.414 e. The number of para-hydroxylation sites is 1. The summed E-state index contributed by atoms with van der Waals surface area (Å²) in [6.45, 7) is 0.228. The average Bonchev–Trinajstić information content (AvgIpc) is 2.60. The molecule has 0 saturated carbocycles. The molecule has 4 nitrogen and oxygen atoms in total. The minimum atomic E-state index is -0.396. The number of carbonyl (C=O) groups excluding carboxylic acids is 2. The Hall–Kier alpha value is -2.62. The van der Waals surface area contributed by atoms with Crippen LogP contribution in [0.4, 0.5) is 10.5 Å². The molecule has 0 aromatic heterocycles. The number of ether oxygens (including phenoxy) is 1. The molecule has 0 spiro atoms. The van der Waals surface area contributed by atoms with Gasteiger partial charge in [0.25, 0.3) is 0 Å². The maximum atomic E-state index is 12.6. The topological polar surface area (TPSA) is 46.6 Å². The van der Waals surface area contributed by atoms with E-state index in [4.69, 9.17) is 4.74 Å². The van der Waals surface area contributed by atoms with E-state index in [9.17, 15) is 9.59 Å². The van der Waals surface area contributed by atoms with Crippen LogP contribution in [-0.2, 0) is 22.6 Å². The van der Waals surface area contributed by atoms with Crippen LogP contribution in [0.5, 0.6) is 0 Å². The van der Waals surface area contributed by atoms with Crippen LogP contribution in [0.15, 0.2) is 54.6 Å². The Labute approximate surface area is 135 Å². The highest BCUT2D eigenvalue weighted by atomic mass is 16.6. The molecule has 0 aliphatic carbocycles. The van der Waals surface area contributed by atoms with E-state index < -0.39 is 6.09 Å². The minimum Gasteiger partial charge on any atom is -0.444 e. The highest BCUT2D eigenvalue weighted by molar-refractivity contribution is 5.90. The molecular weight excluding hydrogens is 290 g/mol. The van der Waals surface area contributed by atoms with Crippen molar-refractivity contribution in [1.82, 2.24) is 0 Å². The summed E-state index contributed by atoms with van der Waals surface area (Å²) in [4.78, 5) is 25.2. The van der Waals surface area contributed by atoms with Gasteiger partial charge in [-0.1, -0.05) is 48.5 Å². The number of anilines is 1. The largest absolute Gasteiger partial charge is 0.444 e. The number of aldehydes is 1. The number of amides is 1. The summed E-state index contributed by atoms with van der Waals surface area (Å²) < 4.78 is 5.47. The van der Waals surface area contributed by atoms with Gasteiger partial charge in [-0.3, -0.25) is 4.90 Å². The summed E-state index contributed by atoms with van der Waals surface area (Å²) in [5, 5.41) is 0. The van der Waals surface area contributed by atoms with E-state index in [1.807, 2.05) is 54.6 Å². The SMILES string of the molecule is O=CC[C@H]1CCc2ccccc2N1C(=O)OCc1ccccc1. The summed E-state index contributed by atoms with van der Waals surface area (Å²) in [6, 6.07) is 17.2. The smallest absolute Gasteiger partial charge is 0.414 e. The second-order valence-electron chi connectivity index (χ2n) is 5.63. The number of nitrogens with zero attached hydrogens (tertiary/aromatic N) is 1. The van der Waals surface area contributed by atoms with E-state index >= 15 is 0 Å². The fourth-order valence-electron chi connectivity index (χ4n) is 2.98. The normalized spacial score (nSPS) is 16.5. The third-order valence-corrected chi connectivity index (χ3v) is 4.13. The highest BCUT2D eigenvalue weighted by Crippen LogP contribution is 2.32. The molecule has 4 heteroatoms. The molecule has 0 saturated heterocycles. The van der Waals surface area contributed by atoms with Crippen molar-refractivity contribution in [3.63, 3.8) is 0 Å². The van der Waals surface area contributed by atoms with Gasteiger partial charge in [0.1, 0.15) is 12.9 Å². The summed E-state index contributed by atoms with van der Waals surface area (Å²) >= 11 is 0. The van der Waals surface area contributed by atoms with Crippen LogP contribution in [0.1, 0.15) is 24.0 Å². The molecule has 1 atom stereocenters. The van der Waals surface area contributed by atoms with Crippen molar-refractivity contribution in [2.75, 3.05) is 4.90 Å². The molecule has 1 amide bonds. The number of hydrogen-bond acceptors (Lipinski definition) is 3. The average molecular weight is 309 g/mol. The zero-order valence-corrected chi connectivity index (χ0v) is 12.9.